The van der Waals surface area contributed by atoms with Gasteiger partial charge in [0.1, 0.15) is 0 Å². The molecular weight excluding hydrogens is 328 g/mol. The molecule has 0 amide bonds. The third kappa shape index (κ3) is 2.39. The highest BCUT2D eigenvalue weighted by Crippen LogP contribution is 2.34. The van der Waals surface area contributed by atoms with Crippen LogP contribution in [0.1, 0.15) is 17.7 Å². The van der Waals surface area contributed by atoms with Gasteiger partial charge < -0.3 is 0 Å². The van der Waals surface area contributed by atoms with Gasteiger partial charge in [-0.25, -0.2) is 18.4 Å². The number of halogens is 2. The molecule has 0 atom stereocenters. The van der Waals surface area contributed by atoms with Crippen LogP contribution in [0, 0.1) is 6.92 Å². The van der Waals surface area contributed by atoms with Gasteiger partial charge in [-0.3, -0.25) is 0 Å². The second kappa shape index (κ2) is 5.79. The fourth-order valence-electron chi connectivity index (χ4n) is 2.79. The minimum atomic E-state index is -2.58. The lowest BCUT2D eigenvalue weighted by molar-refractivity contribution is 0.153. The molecule has 0 aliphatic rings. The van der Waals surface area contributed by atoms with E-state index < -0.39 is 6.43 Å². The SMILES string of the molecule is Cc1nn(-c2ccccc2)c2nc(-c3cccs3)cc(C(F)F)c12. The predicted molar refractivity (Wildman–Crippen MR) is 91.9 cm³/mol. The molecule has 3 heterocycles. The third-order valence-corrected chi connectivity index (χ3v) is 4.75. The zero-order chi connectivity index (χ0) is 16.7. The summed E-state index contributed by atoms with van der Waals surface area (Å²) in [6, 6.07) is 14.7. The zero-order valence-electron chi connectivity index (χ0n) is 12.8. The second-order valence-electron chi connectivity index (χ2n) is 5.41. The molecule has 0 radical (unpaired) electrons. The number of benzene rings is 1. The Morgan fingerprint density at radius 3 is 2.54 bits per heavy atom. The Morgan fingerprint density at radius 2 is 1.88 bits per heavy atom. The third-order valence-electron chi connectivity index (χ3n) is 3.85. The first-order valence-corrected chi connectivity index (χ1v) is 8.31. The number of hydrogen-bond acceptors (Lipinski definition) is 3. The monoisotopic (exact) mass is 341 g/mol. The van der Waals surface area contributed by atoms with Crippen molar-refractivity contribution in [2.24, 2.45) is 0 Å². The maximum Gasteiger partial charge on any atom is 0.264 e. The lowest BCUT2D eigenvalue weighted by atomic mass is 10.1. The second-order valence-corrected chi connectivity index (χ2v) is 6.35. The van der Waals surface area contributed by atoms with Crippen LogP contribution in [0.15, 0.2) is 53.9 Å². The summed E-state index contributed by atoms with van der Waals surface area (Å²) in [5.41, 5.74) is 2.33. The van der Waals surface area contributed by atoms with E-state index in [1.165, 1.54) is 17.4 Å². The lowest BCUT2D eigenvalue weighted by Crippen LogP contribution is -1.99. The van der Waals surface area contributed by atoms with Crippen molar-refractivity contribution in [1.82, 2.24) is 14.8 Å². The molecule has 0 aliphatic heterocycles. The van der Waals surface area contributed by atoms with Gasteiger partial charge in [-0.1, -0.05) is 24.3 Å². The largest absolute Gasteiger partial charge is 0.264 e. The van der Waals surface area contributed by atoms with Crippen molar-refractivity contribution in [1.29, 1.82) is 0 Å². The van der Waals surface area contributed by atoms with Crippen molar-refractivity contribution < 1.29 is 8.78 Å². The highest BCUT2D eigenvalue weighted by Gasteiger charge is 2.21. The van der Waals surface area contributed by atoms with Crippen molar-refractivity contribution in [2.75, 3.05) is 0 Å². The lowest BCUT2D eigenvalue weighted by Gasteiger charge is -2.07. The van der Waals surface area contributed by atoms with Crippen LogP contribution in [0.2, 0.25) is 0 Å². The quantitative estimate of drug-likeness (QED) is 0.500. The van der Waals surface area contributed by atoms with Crippen molar-refractivity contribution in [2.45, 2.75) is 13.3 Å². The Balaban J connectivity index is 2.06. The van der Waals surface area contributed by atoms with E-state index in [0.29, 0.717) is 22.4 Å². The highest BCUT2D eigenvalue weighted by molar-refractivity contribution is 7.13. The van der Waals surface area contributed by atoms with Crippen LogP contribution < -0.4 is 0 Å². The highest BCUT2D eigenvalue weighted by atomic mass is 32.1. The molecule has 0 N–H and O–H groups in total. The molecule has 4 aromatic rings. The number of aryl methyl sites for hydroxylation is 1. The molecule has 0 saturated heterocycles. The Bertz CT molecular complexity index is 992. The molecule has 0 saturated carbocycles. The summed E-state index contributed by atoms with van der Waals surface area (Å²) in [4.78, 5) is 5.49. The number of rotatable bonds is 3. The molecule has 0 spiro atoms. The van der Waals surface area contributed by atoms with Gasteiger partial charge in [0.15, 0.2) is 5.65 Å². The predicted octanol–water partition coefficient (Wildman–Crippen LogP) is 5.40. The van der Waals surface area contributed by atoms with Crippen molar-refractivity contribution in [3.8, 4) is 16.3 Å². The van der Waals surface area contributed by atoms with Gasteiger partial charge in [0.05, 0.1) is 27.3 Å². The van der Waals surface area contributed by atoms with E-state index in [1.54, 1.807) is 11.6 Å². The zero-order valence-corrected chi connectivity index (χ0v) is 13.6. The first-order valence-electron chi connectivity index (χ1n) is 7.43. The Morgan fingerprint density at radius 1 is 1.08 bits per heavy atom. The topological polar surface area (TPSA) is 30.7 Å². The van der Waals surface area contributed by atoms with Crippen LogP contribution in [0.4, 0.5) is 8.78 Å². The van der Waals surface area contributed by atoms with Crippen LogP contribution >= 0.6 is 11.3 Å². The maximum atomic E-state index is 13.6. The van der Waals surface area contributed by atoms with Crippen LogP contribution in [0.25, 0.3) is 27.3 Å². The number of hydrogen-bond donors (Lipinski definition) is 0. The normalized spacial score (nSPS) is 11.5. The first kappa shape index (κ1) is 15.0. The van der Waals surface area contributed by atoms with Crippen LogP contribution in [-0.2, 0) is 0 Å². The molecule has 3 nitrogen and oxygen atoms in total. The summed E-state index contributed by atoms with van der Waals surface area (Å²) in [7, 11) is 0. The smallest absolute Gasteiger partial charge is 0.227 e. The van der Waals surface area contributed by atoms with Crippen LogP contribution in [-0.4, -0.2) is 14.8 Å². The minimum Gasteiger partial charge on any atom is -0.227 e. The fourth-order valence-corrected chi connectivity index (χ4v) is 3.48. The summed E-state index contributed by atoms with van der Waals surface area (Å²) in [5.74, 6) is 0. The van der Waals surface area contributed by atoms with Gasteiger partial charge in [0.2, 0.25) is 0 Å². The summed E-state index contributed by atoms with van der Waals surface area (Å²) >= 11 is 1.48. The van der Waals surface area contributed by atoms with Crippen LogP contribution in [0.5, 0.6) is 0 Å². The van der Waals surface area contributed by atoms with Gasteiger partial charge in [-0.2, -0.15) is 5.10 Å². The fraction of sp³-hybridized carbons (Fsp3) is 0.111. The maximum absolute atomic E-state index is 13.6. The van der Waals surface area contributed by atoms with E-state index in [4.69, 9.17) is 0 Å². The van der Waals surface area contributed by atoms with Crippen molar-refractivity contribution in [3.63, 3.8) is 0 Å². The number of fused-ring (bicyclic) bond motifs is 1. The summed E-state index contributed by atoms with van der Waals surface area (Å²) in [5, 5.41) is 6.78. The molecule has 120 valence electrons. The number of para-hydroxylation sites is 1. The van der Waals surface area contributed by atoms with Crippen molar-refractivity contribution in [3.05, 3.63) is 65.2 Å². The summed E-state index contributed by atoms with van der Waals surface area (Å²) < 4.78 is 28.9. The van der Waals surface area contributed by atoms with E-state index in [-0.39, 0.29) is 5.56 Å². The van der Waals surface area contributed by atoms with E-state index in [9.17, 15) is 8.78 Å². The number of alkyl halides is 2. The molecule has 1 aromatic carbocycles. The van der Waals surface area contributed by atoms with E-state index >= 15 is 0 Å². The molecule has 0 unspecified atom stereocenters. The summed E-state index contributed by atoms with van der Waals surface area (Å²) in [6.07, 6.45) is -2.58. The number of nitrogens with zero attached hydrogens (tertiary/aromatic N) is 3. The molecule has 6 heteroatoms. The minimum absolute atomic E-state index is 0.0249. The van der Waals surface area contributed by atoms with E-state index in [1.807, 2.05) is 47.8 Å². The molecule has 3 aromatic heterocycles. The first-order chi connectivity index (χ1) is 11.6. The molecule has 0 fully saturated rings. The molecule has 4 rings (SSSR count). The van der Waals surface area contributed by atoms with Crippen LogP contribution in [0.3, 0.4) is 0 Å². The number of aromatic nitrogens is 3. The number of pyridine rings is 1. The Hall–Kier alpha value is -2.60. The van der Waals surface area contributed by atoms with Crippen molar-refractivity contribution >= 4 is 22.4 Å². The Labute approximate surface area is 141 Å². The average Bonchev–Trinajstić information content (AvgIpc) is 3.23. The van der Waals surface area contributed by atoms with Gasteiger partial charge >= 0.3 is 0 Å². The molecule has 0 aliphatic carbocycles. The van der Waals surface area contributed by atoms with Gasteiger partial charge in [-0.05, 0) is 36.6 Å². The standard InChI is InChI=1S/C18H13F2N3S/c1-11-16-13(17(19)20)10-14(15-8-5-9-24-15)21-18(16)23(22-11)12-6-3-2-4-7-12/h2-10,17H,1H3. The molecule has 24 heavy (non-hydrogen) atoms. The van der Waals surface area contributed by atoms with Gasteiger partial charge in [0.25, 0.3) is 6.43 Å². The average molecular weight is 341 g/mol. The summed E-state index contributed by atoms with van der Waals surface area (Å²) in [6.45, 7) is 1.74. The van der Waals surface area contributed by atoms with Gasteiger partial charge in [-0.15, -0.1) is 11.3 Å². The molecular formula is C18H13F2N3S. The Kier molecular flexibility index (Phi) is 3.61. The molecule has 0 bridgehead atoms. The number of thiophene rings is 1. The van der Waals surface area contributed by atoms with E-state index in [2.05, 4.69) is 10.1 Å². The van der Waals surface area contributed by atoms with E-state index in [0.717, 1.165) is 10.6 Å². The van der Waals surface area contributed by atoms with Gasteiger partial charge in [0, 0.05) is 5.56 Å².